The number of aryl methyl sites for hydroxylation is 2. The first-order valence-electron chi connectivity index (χ1n) is 6.73. The quantitative estimate of drug-likeness (QED) is 0.788. The van der Waals surface area contributed by atoms with Crippen LogP contribution in [0, 0.1) is 6.92 Å². The van der Waals surface area contributed by atoms with Crippen molar-refractivity contribution in [2.24, 2.45) is 0 Å². The van der Waals surface area contributed by atoms with Gasteiger partial charge in [-0.2, -0.15) is 0 Å². The summed E-state index contributed by atoms with van der Waals surface area (Å²) in [5.74, 6) is 1.05. The van der Waals surface area contributed by atoms with Gasteiger partial charge in [0.1, 0.15) is 12.4 Å². The van der Waals surface area contributed by atoms with Crippen LogP contribution in [-0.2, 0) is 19.4 Å². The molecule has 0 amide bonds. The molecule has 2 aromatic carbocycles. The average molecular weight is 317 g/mol. The second-order valence-corrected chi connectivity index (χ2v) is 5.90. The molecule has 0 saturated heterocycles. The molecule has 1 nitrogen and oxygen atoms in total. The Bertz CT molecular complexity index is 590. The normalized spacial score (nSPS) is 13.4. The first-order chi connectivity index (χ1) is 9.25. The fourth-order valence-corrected chi connectivity index (χ4v) is 3.17. The topological polar surface area (TPSA) is 9.23 Å². The monoisotopic (exact) mass is 316 g/mol. The van der Waals surface area contributed by atoms with Gasteiger partial charge in [0, 0.05) is 0 Å². The summed E-state index contributed by atoms with van der Waals surface area (Å²) in [6.07, 6.45) is 3.57. The zero-order chi connectivity index (χ0) is 13.2. The van der Waals surface area contributed by atoms with E-state index in [1.54, 1.807) is 0 Å². The van der Waals surface area contributed by atoms with Crippen LogP contribution in [0.15, 0.2) is 40.9 Å². The Kier molecular flexibility index (Phi) is 3.61. The van der Waals surface area contributed by atoms with E-state index < -0.39 is 0 Å². The Morgan fingerprint density at radius 2 is 1.95 bits per heavy atom. The standard InChI is InChI=1S/C17H17BrO/c1-12-10-14-8-5-9-15(14)17(16(12)18)19-11-13-6-3-2-4-7-13/h2-4,6-7,10H,5,8-9,11H2,1H3. The molecule has 0 saturated carbocycles. The molecule has 0 unspecified atom stereocenters. The van der Waals surface area contributed by atoms with Gasteiger partial charge in [-0.3, -0.25) is 0 Å². The van der Waals surface area contributed by atoms with E-state index in [2.05, 4.69) is 53.2 Å². The molecule has 0 N–H and O–H groups in total. The van der Waals surface area contributed by atoms with E-state index in [1.807, 2.05) is 6.07 Å². The average Bonchev–Trinajstić information content (AvgIpc) is 2.88. The summed E-state index contributed by atoms with van der Waals surface area (Å²) >= 11 is 3.68. The predicted molar refractivity (Wildman–Crippen MR) is 81.7 cm³/mol. The Hall–Kier alpha value is -1.28. The lowest BCUT2D eigenvalue weighted by atomic mass is 10.1. The highest BCUT2D eigenvalue weighted by molar-refractivity contribution is 9.10. The molecule has 3 rings (SSSR count). The zero-order valence-corrected chi connectivity index (χ0v) is 12.7. The molecule has 0 spiro atoms. The first-order valence-corrected chi connectivity index (χ1v) is 7.52. The summed E-state index contributed by atoms with van der Waals surface area (Å²) in [6, 6.07) is 12.6. The molecule has 1 aliphatic carbocycles. The molecule has 0 aliphatic heterocycles. The molecular weight excluding hydrogens is 300 g/mol. The van der Waals surface area contributed by atoms with Gasteiger partial charge in [-0.05, 0) is 64.4 Å². The highest BCUT2D eigenvalue weighted by atomic mass is 79.9. The van der Waals surface area contributed by atoms with Gasteiger partial charge in [-0.25, -0.2) is 0 Å². The minimum Gasteiger partial charge on any atom is -0.487 e. The van der Waals surface area contributed by atoms with Crippen molar-refractivity contribution >= 4 is 15.9 Å². The molecule has 2 heteroatoms. The number of ether oxygens (including phenoxy) is 1. The zero-order valence-electron chi connectivity index (χ0n) is 11.1. The molecule has 98 valence electrons. The van der Waals surface area contributed by atoms with Crippen molar-refractivity contribution in [2.45, 2.75) is 32.8 Å². The lowest BCUT2D eigenvalue weighted by Gasteiger charge is -2.15. The molecule has 1 aliphatic rings. The third-order valence-electron chi connectivity index (χ3n) is 3.70. The van der Waals surface area contributed by atoms with E-state index in [1.165, 1.54) is 35.1 Å². The largest absolute Gasteiger partial charge is 0.487 e. The summed E-state index contributed by atoms with van der Waals surface area (Å²) in [5, 5.41) is 0. The maximum absolute atomic E-state index is 6.10. The highest BCUT2D eigenvalue weighted by Gasteiger charge is 2.20. The van der Waals surface area contributed by atoms with Gasteiger partial charge >= 0.3 is 0 Å². The number of rotatable bonds is 3. The number of hydrogen-bond donors (Lipinski definition) is 0. The fourth-order valence-electron chi connectivity index (χ4n) is 2.70. The summed E-state index contributed by atoms with van der Waals surface area (Å²) in [4.78, 5) is 0. The Balaban J connectivity index is 1.89. The minimum atomic E-state index is 0.634. The molecule has 0 radical (unpaired) electrons. The van der Waals surface area contributed by atoms with Crippen molar-refractivity contribution in [3.8, 4) is 5.75 Å². The maximum atomic E-state index is 6.10. The van der Waals surface area contributed by atoms with Crippen LogP contribution in [0.4, 0.5) is 0 Å². The van der Waals surface area contributed by atoms with E-state index in [4.69, 9.17) is 4.74 Å². The minimum absolute atomic E-state index is 0.634. The first kappa shape index (κ1) is 12.7. The van der Waals surface area contributed by atoms with Crippen molar-refractivity contribution in [2.75, 3.05) is 0 Å². The third kappa shape index (κ3) is 2.55. The molecule has 0 fully saturated rings. The van der Waals surface area contributed by atoms with Crippen LogP contribution in [0.5, 0.6) is 5.75 Å². The Morgan fingerprint density at radius 3 is 2.74 bits per heavy atom. The van der Waals surface area contributed by atoms with Gasteiger partial charge in [0.15, 0.2) is 0 Å². The van der Waals surface area contributed by atoms with E-state index in [-0.39, 0.29) is 0 Å². The number of hydrogen-bond acceptors (Lipinski definition) is 1. The summed E-state index contributed by atoms with van der Waals surface area (Å²) in [5.41, 5.74) is 5.34. The van der Waals surface area contributed by atoms with E-state index >= 15 is 0 Å². The second kappa shape index (κ2) is 5.38. The molecule has 0 heterocycles. The van der Waals surface area contributed by atoms with Gasteiger partial charge in [0.2, 0.25) is 0 Å². The van der Waals surface area contributed by atoms with Crippen LogP contribution in [0.2, 0.25) is 0 Å². The van der Waals surface area contributed by atoms with Crippen LogP contribution in [-0.4, -0.2) is 0 Å². The Labute approximate surface area is 122 Å². The summed E-state index contributed by atoms with van der Waals surface area (Å²) in [7, 11) is 0. The van der Waals surface area contributed by atoms with Crippen LogP contribution < -0.4 is 4.74 Å². The highest BCUT2D eigenvalue weighted by Crippen LogP contribution is 2.39. The van der Waals surface area contributed by atoms with Crippen LogP contribution in [0.1, 0.15) is 28.7 Å². The van der Waals surface area contributed by atoms with E-state index in [0.717, 1.165) is 16.6 Å². The molecule has 0 bridgehead atoms. The molecule has 0 aromatic heterocycles. The van der Waals surface area contributed by atoms with Crippen molar-refractivity contribution in [1.82, 2.24) is 0 Å². The third-order valence-corrected chi connectivity index (χ3v) is 4.68. The van der Waals surface area contributed by atoms with E-state index in [0.29, 0.717) is 6.61 Å². The van der Waals surface area contributed by atoms with Crippen LogP contribution >= 0.6 is 15.9 Å². The van der Waals surface area contributed by atoms with Crippen molar-refractivity contribution in [3.63, 3.8) is 0 Å². The number of benzene rings is 2. The van der Waals surface area contributed by atoms with E-state index in [9.17, 15) is 0 Å². The van der Waals surface area contributed by atoms with Gasteiger partial charge in [0.25, 0.3) is 0 Å². The Morgan fingerprint density at radius 1 is 1.16 bits per heavy atom. The lowest BCUT2D eigenvalue weighted by Crippen LogP contribution is -2.00. The summed E-state index contributed by atoms with van der Waals surface area (Å²) in [6.45, 7) is 2.77. The van der Waals surface area contributed by atoms with Gasteiger partial charge < -0.3 is 4.74 Å². The van der Waals surface area contributed by atoms with Crippen molar-refractivity contribution < 1.29 is 4.74 Å². The maximum Gasteiger partial charge on any atom is 0.137 e. The van der Waals surface area contributed by atoms with Gasteiger partial charge in [-0.15, -0.1) is 0 Å². The van der Waals surface area contributed by atoms with Crippen LogP contribution in [0.25, 0.3) is 0 Å². The molecule has 19 heavy (non-hydrogen) atoms. The lowest BCUT2D eigenvalue weighted by molar-refractivity contribution is 0.301. The van der Waals surface area contributed by atoms with Crippen molar-refractivity contribution in [3.05, 3.63) is 63.1 Å². The van der Waals surface area contributed by atoms with Crippen molar-refractivity contribution in [1.29, 1.82) is 0 Å². The van der Waals surface area contributed by atoms with Crippen LogP contribution in [0.3, 0.4) is 0 Å². The summed E-state index contributed by atoms with van der Waals surface area (Å²) < 4.78 is 7.21. The molecule has 2 aromatic rings. The number of fused-ring (bicyclic) bond motifs is 1. The molecule has 0 atom stereocenters. The molecular formula is C17H17BrO. The predicted octanol–water partition coefficient (Wildman–Crippen LogP) is 4.83. The second-order valence-electron chi connectivity index (χ2n) is 5.10. The number of halogens is 1. The SMILES string of the molecule is Cc1cc2c(c(OCc3ccccc3)c1Br)CCC2. The van der Waals surface area contributed by atoms with Gasteiger partial charge in [-0.1, -0.05) is 36.4 Å². The fraction of sp³-hybridized carbons (Fsp3) is 0.294. The smallest absolute Gasteiger partial charge is 0.137 e. The van der Waals surface area contributed by atoms with Gasteiger partial charge in [0.05, 0.1) is 4.47 Å².